The summed E-state index contributed by atoms with van der Waals surface area (Å²) in [5, 5.41) is 3.18. The third-order valence-electron chi connectivity index (χ3n) is 3.64. The van der Waals surface area contributed by atoms with Gasteiger partial charge in [-0.05, 0) is 40.0 Å². The Hall–Kier alpha value is -2.22. The predicted octanol–water partition coefficient (Wildman–Crippen LogP) is 3.57. The van der Waals surface area contributed by atoms with Crippen LogP contribution >= 0.6 is 15.9 Å². The molecule has 8 heteroatoms. The topological polar surface area (TPSA) is 81.6 Å². The highest BCUT2D eigenvalue weighted by molar-refractivity contribution is 9.10. The summed E-state index contributed by atoms with van der Waals surface area (Å²) in [5.74, 6) is 0.557. The number of imidazole rings is 1. The molecule has 0 atom stereocenters. The summed E-state index contributed by atoms with van der Waals surface area (Å²) >= 11 is 3.44. The quantitative estimate of drug-likeness (QED) is 0.494. The van der Waals surface area contributed by atoms with Crippen molar-refractivity contribution in [2.24, 2.45) is 0 Å². The van der Waals surface area contributed by atoms with E-state index in [0.29, 0.717) is 34.2 Å². The van der Waals surface area contributed by atoms with Crippen molar-refractivity contribution in [3.05, 3.63) is 40.4 Å². The van der Waals surface area contributed by atoms with Gasteiger partial charge in [0.25, 0.3) is 0 Å². The molecule has 3 N–H and O–H groups in total. The maximum atomic E-state index is 13.1. The number of nitrogens with zero attached hydrogens (tertiary/aromatic N) is 4. The van der Waals surface area contributed by atoms with E-state index < -0.39 is 0 Å². The monoisotopic (exact) mass is 392 g/mol. The third-order valence-corrected chi connectivity index (χ3v) is 4.25. The van der Waals surface area contributed by atoms with Crippen LogP contribution in [0.5, 0.6) is 0 Å². The molecule has 0 aliphatic rings. The average Bonchev–Trinajstić information content (AvgIpc) is 2.87. The second-order valence-corrected chi connectivity index (χ2v) is 6.19. The lowest BCUT2D eigenvalue weighted by atomic mass is 10.2. The predicted molar refractivity (Wildman–Crippen MR) is 96.3 cm³/mol. The number of unbranched alkanes of at least 4 members (excludes halogenated alkanes) is 1. The number of nitrogen functional groups attached to an aromatic ring is 1. The SMILES string of the molecule is CCCCNc1nc(N)c2nc(Br)n(Cc3ccc(F)cc3)c2n1. The first-order valence-electron chi connectivity index (χ1n) is 7.76. The number of halogens is 2. The highest BCUT2D eigenvalue weighted by atomic mass is 79.9. The molecule has 6 nitrogen and oxygen atoms in total. The van der Waals surface area contributed by atoms with Gasteiger partial charge in [-0.25, -0.2) is 9.37 Å². The molecular weight excluding hydrogens is 375 g/mol. The minimum atomic E-state index is -0.262. The van der Waals surface area contributed by atoms with Crippen LogP contribution in [-0.4, -0.2) is 26.1 Å². The number of rotatable bonds is 6. The summed E-state index contributed by atoms with van der Waals surface area (Å²) in [5.41, 5.74) is 8.14. The largest absolute Gasteiger partial charge is 0.382 e. The number of aromatic nitrogens is 4. The molecule has 3 rings (SSSR count). The summed E-state index contributed by atoms with van der Waals surface area (Å²) in [6.07, 6.45) is 2.11. The van der Waals surface area contributed by atoms with Gasteiger partial charge >= 0.3 is 0 Å². The van der Waals surface area contributed by atoms with Gasteiger partial charge in [0.2, 0.25) is 5.95 Å². The maximum absolute atomic E-state index is 13.1. The molecule has 24 heavy (non-hydrogen) atoms. The van der Waals surface area contributed by atoms with E-state index in [1.807, 2.05) is 4.57 Å². The summed E-state index contributed by atoms with van der Waals surface area (Å²) < 4.78 is 15.6. The van der Waals surface area contributed by atoms with Gasteiger partial charge in [0, 0.05) is 6.54 Å². The highest BCUT2D eigenvalue weighted by Gasteiger charge is 2.15. The van der Waals surface area contributed by atoms with Gasteiger partial charge in [-0.15, -0.1) is 0 Å². The van der Waals surface area contributed by atoms with Crippen molar-refractivity contribution in [2.75, 3.05) is 17.6 Å². The molecule has 2 aromatic heterocycles. The van der Waals surface area contributed by atoms with E-state index in [-0.39, 0.29) is 5.82 Å². The lowest BCUT2D eigenvalue weighted by Gasteiger charge is -2.08. The van der Waals surface area contributed by atoms with Crippen molar-refractivity contribution in [3.63, 3.8) is 0 Å². The van der Waals surface area contributed by atoms with Gasteiger partial charge in [-0.2, -0.15) is 9.97 Å². The minimum absolute atomic E-state index is 0.262. The number of hydrogen-bond acceptors (Lipinski definition) is 5. The first-order chi connectivity index (χ1) is 11.6. The molecule has 0 radical (unpaired) electrons. The Balaban J connectivity index is 1.96. The molecule has 0 saturated heterocycles. The summed E-state index contributed by atoms with van der Waals surface area (Å²) in [4.78, 5) is 13.2. The molecule has 0 fully saturated rings. The zero-order valence-corrected chi connectivity index (χ0v) is 14.8. The van der Waals surface area contributed by atoms with Crippen LogP contribution in [0.1, 0.15) is 25.3 Å². The Bertz CT molecular complexity index is 846. The van der Waals surface area contributed by atoms with E-state index in [1.165, 1.54) is 12.1 Å². The molecule has 1 aromatic carbocycles. The van der Waals surface area contributed by atoms with E-state index in [0.717, 1.165) is 24.9 Å². The van der Waals surface area contributed by atoms with Crippen LogP contribution in [0.4, 0.5) is 16.2 Å². The lowest BCUT2D eigenvalue weighted by Crippen LogP contribution is -2.08. The van der Waals surface area contributed by atoms with Gasteiger partial charge in [-0.3, -0.25) is 4.57 Å². The van der Waals surface area contributed by atoms with E-state index in [9.17, 15) is 4.39 Å². The number of benzene rings is 1. The first kappa shape index (κ1) is 16.6. The molecule has 0 bridgehead atoms. The average molecular weight is 393 g/mol. The number of hydrogen-bond donors (Lipinski definition) is 2. The van der Waals surface area contributed by atoms with Crippen molar-refractivity contribution in [1.82, 2.24) is 19.5 Å². The number of nitrogens with one attached hydrogen (secondary N) is 1. The molecule has 0 spiro atoms. The van der Waals surface area contributed by atoms with Gasteiger partial charge in [-0.1, -0.05) is 25.5 Å². The molecule has 0 amide bonds. The summed E-state index contributed by atoms with van der Waals surface area (Å²) in [6.45, 7) is 3.41. The standard InChI is InChI=1S/C16H18BrFN6/c1-2-3-8-20-16-22-13(19)12-14(23-16)24(15(17)21-12)9-10-4-6-11(18)7-5-10/h4-7H,2-3,8-9H2,1H3,(H3,19,20,22,23). The van der Waals surface area contributed by atoms with Crippen LogP contribution in [0.2, 0.25) is 0 Å². The van der Waals surface area contributed by atoms with Crippen LogP contribution < -0.4 is 11.1 Å². The van der Waals surface area contributed by atoms with Crippen LogP contribution in [0, 0.1) is 5.82 Å². The van der Waals surface area contributed by atoms with Gasteiger partial charge in [0.15, 0.2) is 21.7 Å². The van der Waals surface area contributed by atoms with E-state index in [4.69, 9.17) is 5.73 Å². The fourth-order valence-corrected chi connectivity index (χ4v) is 2.83. The third kappa shape index (κ3) is 3.48. The zero-order valence-electron chi connectivity index (χ0n) is 13.3. The van der Waals surface area contributed by atoms with Gasteiger partial charge in [0.05, 0.1) is 6.54 Å². The molecule has 0 unspecified atom stereocenters. The zero-order chi connectivity index (χ0) is 17.1. The van der Waals surface area contributed by atoms with E-state index >= 15 is 0 Å². The molecule has 2 heterocycles. The Labute approximate surface area is 147 Å². The number of nitrogens with two attached hydrogens (primary N) is 1. The van der Waals surface area contributed by atoms with Gasteiger partial charge in [0.1, 0.15) is 5.82 Å². The second-order valence-electron chi connectivity index (χ2n) is 5.48. The molecule has 0 saturated carbocycles. The normalized spacial score (nSPS) is 11.1. The molecule has 126 valence electrons. The molecule has 0 aliphatic heterocycles. The van der Waals surface area contributed by atoms with E-state index in [2.05, 4.69) is 43.1 Å². The fourth-order valence-electron chi connectivity index (χ4n) is 2.36. The van der Waals surface area contributed by atoms with Crippen molar-refractivity contribution in [2.45, 2.75) is 26.3 Å². The Morgan fingerprint density at radius 1 is 1.21 bits per heavy atom. The van der Waals surface area contributed by atoms with Crippen molar-refractivity contribution >= 4 is 38.9 Å². The number of fused-ring (bicyclic) bond motifs is 1. The highest BCUT2D eigenvalue weighted by Crippen LogP contribution is 2.24. The second kappa shape index (κ2) is 7.12. The van der Waals surface area contributed by atoms with Gasteiger partial charge < -0.3 is 11.1 Å². The Morgan fingerprint density at radius 2 is 1.96 bits per heavy atom. The summed E-state index contributed by atoms with van der Waals surface area (Å²) in [6, 6.07) is 6.34. The lowest BCUT2D eigenvalue weighted by molar-refractivity contribution is 0.626. The van der Waals surface area contributed by atoms with E-state index in [1.54, 1.807) is 12.1 Å². The van der Waals surface area contributed by atoms with Crippen molar-refractivity contribution in [3.8, 4) is 0 Å². The molecular formula is C16H18BrFN6. The van der Waals surface area contributed by atoms with Crippen molar-refractivity contribution < 1.29 is 4.39 Å². The number of anilines is 2. The van der Waals surface area contributed by atoms with Crippen LogP contribution in [0.15, 0.2) is 29.0 Å². The van der Waals surface area contributed by atoms with Crippen LogP contribution in [-0.2, 0) is 6.54 Å². The maximum Gasteiger partial charge on any atom is 0.226 e. The minimum Gasteiger partial charge on any atom is -0.382 e. The van der Waals surface area contributed by atoms with Crippen molar-refractivity contribution in [1.29, 1.82) is 0 Å². The summed E-state index contributed by atoms with van der Waals surface area (Å²) in [7, 11) is 0. The van der Waals surface area contributed by atoms with Crippen LogP contribution in [0.3, 0.4) is 0 Å². The molecule has 3 aromatic rings. The smallest absolute Gasteiger partial charge is 0.226 e. The Morgan fingerprint density at radius 3 is 2.67 bits per heavy atom. The first-order valence-corrected chi connectivity index (χ1v) is 8.55. The molecule has 0 aliphatic carbocycles. The van der Waals surface area contributed by atoms with Crippen LogP contribution in [0.25, 0.3) is 11.2 Å². The Kier molecular flexibility index (Phi) is 4.94. The fraction of sp³-hybridized carbons (Fsp3) is 0.312.